The smallest absolute Gasteiger partial charge is 0.163 e. The number of aliphatic hydroxyl groups is 3. The molecule has 0 radical (unpaired) electrons. The lowest BCUT2D eigenvalue weighted by Crippen LogP contribution is -2.23. The molecule has 2 heterocycles. The van der Waals surface area contributed by atoms with Gasteiger partial charge in [0.1, 0.15) is 31.6 Å². The summed E-state index contributed by atoms with van der Waals surface area (Å²) in [4.78, 5) is 2.27. The quantitative estimate of drug-likeness (QED) is 0.230. The fraction of sp³-hybridized carbons (Fsp3) is 0.645. The molecule has 0 aromatic carbocycles. The van der Waals surface area contributed by atoms with Crippen molar-refractivity contribution in [2.75, 3.05) is 27.2 Å². The Labute approximate surface area is 218 Å². The van der Waals surface area contributed by atoms with Crippen LogP contribution < -0.4 is 0 Å². The highest BCUT2D eigenvalue weighted by atomic mass is 16.3. The van der Waals surface area contributed by atoms with Gasteiger partial charge < -0.3 is 20.2 Å². The molecule has 0 saturated carbocycles. The highest BCUT2D eigenvalue weighted by Gasteiger charge is 2.36. The van der Waals surface area contributed by atoms with Crippen molar-refractivity contribution in [3.8, 4) is 0 Å². The molecular formula is C31H49N2O3+. The van der Waals surface area contributed by atoms with Gasteiger partial charge in [-0.15, -0.1) is 0 Å². The van der Waals surface area contributed by atoms with Gasteiger partial charge in [0.25, 0.3) is 0 Å². The van der Waals surface area contributed by atoms with Crippen molar-refractivity contribution in [1.29, 1.82) is 0 Å². The number of hydrogen-bond donors (Lipinski definition) is 3. The number of hydrogen-bond acceptors (Lipinski definition) is 4. The summed E-state index contributed by atoms with van der Waals surface area (Å²) in [7, 11) is 4.19. The van der Waals surface area contributed by atoms with Crippen molar-refractivity contribution >= 4 is 6.21 Å². The molecule has 0 aromatic heterocycles. The maximum absolute atomic E-state index is 10.7. The van der Waals surface area contributed by atoms with Gasteiger partial charge >= 0.3 is 0 Å². The van der Waals surface area contributed by atoms with Crippen LogP contribution >= 0.6 is 0 Å². The predicted octanol–water partition coefficient (Wildman–Crippen LogP) is 5.96. The van der Waals surface area contributed by atoms with Crippen LogP contribution in [0.5, 0.6) is 0 Å². The second-order valence-corrected chi connectivity index (χ2v) is 10.9. The second kappa shape index (κ2) is 15.2. The molecule has 0 amide bonds. The first-order valence-corrected chi connectivity index (χ1v) is 14.3. The van der Waals surface area contributed by atoms with Gasteiger partial charge in [-0.05, 0) is 68.9 Å². The summed E-state index contributed by atoms with van der Waals surface area (Å²) in [5.74, 6) is 0.106. The van der Waals surface area contributed by atoms with E-state index >= 15 is 0 Å². The first kappa shape index (κ1) is 28.5. The van der Waals surface area contributed by atoms with Crippen molar-refractivity contribution < 1.29 is 19.9 Å². The molecule has 1 aliphatic carbocycles. The molecule has 2 unspecified atom stereocenters. The van der Waals surface area contributed by atoms with E-state index in [4.69, 9.17) is 0 Å². The molecule has 5 nitrogen and oxygen atoms in total. The van der Waals surface area contributed by atoms with E-state index in [-0.39, 0.29) is 5.76 Å². The SMILES string of the molecule is CN1C=CC(=CCCCCCCCCCCC2=C(O)C(=CC3=CC=[N+](C)CCC3)C(O)C2O)CCC1. The lowest BCUT2D eigenvalue weighted by Gasteiger charge is -2.12. The lowest BCUT2D eigenvalue weighted by atomic mass is 10.0. The lowest BCUT2D eigenvalue weighted by molar-refractivity contribution is -0.491. The maximum Gasteiger partial charge on any atom is 0.163 e. The molecule has 3 N–H and O–H groups in total. The van der Waals surface area contributed by atoms with Crippen LogP contribution in [-0.2, 0) is 0 Å². The largest absolute Gasteiger partial charge is 0.508 e. The molecule has 2 atom stereocenters. The Kier molecular flexibility index (Phi) is 12.0. The third kappa shape index (κ3) is 9.08. The number of rotatable bonds is 12. The zero-order chi connectivity index (χ0) is 25.8. The van der Waals surface area contributed by atoms with E-state index in [1.807, 2.05) is 25.4 Å². The Hall–Kier alpha value is -2.11. The Balaban J connectivity index is 1.30. The average molecular weight is 498 g/mol. The molecule has 0 fully saturated rings. The van der Waals surface area contributed by atoms with Gasteiger partial charge in [0.15, 0.2) is 6.21 Å². The fourth-order valence-corrected chi connectivity index (χ4v) is 5.37. The van der Waals surface area contributed by atoms with E-state index in [2.05, 4.69) is 34.9 Å². The summed E-state index contributed by atoms with van der Waals surface area (Å²) in [6.07, 6.45) is 26.7. The Bertz CT molecular complexity index is 893. The summed E-state index contributed by atoms with van der Waals surface area (Å²) >= 11 is 0. The third-order valence-corrected chi connectivity index (χ3v) is 7.74. The van der Waals surface area contributed by atoms with Gasteiger partial charge in [0.2, 0.25) is 0 Å². The zero-order valence-electron chi connectivity index (χ0n) is 22.7. The van der Waals surface area contributed by atoms with Crippen LogP contribution in [0.15, 0.2) is 58.6 Å². The maximum atomic E-state index is 10.7. The summed E-state index contributed by atoms with van der Waals surface area (Å²) in [6.45, 7) is 2.15. The molecule has 0 spiro atoms. The third-order valence-electron chi connectivity index (χ3n) is 7.74. The van der Waals surface area contributed by atoms with E-state index in [1.165, 1.54) is 63.4 Å². The normalized spacial score (nSPS) is 25.4. The molecular weight excluding hydrogens is 448 g/mol. The van der Waals surface area contributed by atoms with Gasteiger partial charge in [0, 0.05) is 37.2 Å². The van der Waals surface area contributed by atoms with Crippen molar-refractivity contribution in [3.63, 3.8) is 0 Å². The van der Waals surface area contributed by atoms with Crippen LogP contribution in [-0.4, -0.2) is 70.4 Å². The van der Waals surface area contributed by atoms with Gasteiger partial charge in [-0.2, -0.15) is 0 Å². The summed E-state index contributed by atoms with van der Waals surface area (Å²) in [5, 5.41) is 31.8. The van der Waals surface area contributed by atoms with E-state index in [0.29, 0.717) is 17.6 Å². The Morgan fingerprint density at radius 2 is 1.69 bits per heavy atom. The van der Waals surface area contributed by atoms with Crippen LogP contribution in [0.25, 0.3) is 0 Å². The van der Waals surface area contributed by atoms with Crippen LogP contribution in [0.1, 0.15) is 89.9 Å². The minimum absolute atomic E-state index is 0.106. The van der Waals surface area contributed by atoms with Crippen LogP contribution in [0.2, 0.25) is 0 Å². The number of allylic oxidation sites excluding steroid dienone is 6. The molecule has 0 saturated heterocycles. The van der Waals surface area contributed by atoms with Gasteiger partial charge in [-0.25, -0.2) is 4.58 Å². The summed E-state index contributed by atoms with van der Waals surface area (Å²) in [6, 6.07) is 0. The fourth-order valence-electron chi connectivity index (χ4n) is 5.37. The van der Waals surface area contributed by atoms with Crippen molar-refractivity contribution in [3.05, 3.63) is 58.6 Å². The van der Waals surface area contributed by atoms with Gasteiger partial charge in [-0.3, -0.25) is 0 Å². The molecule has 200 valence electrons. The topological polar surface area (TPSA) is 66.9 Å². The molecule has 36 heavy (non-hydrogen) atoms. The second-order valence-electron chi connectivity index (χ2n) is 10.9. The molecule has 0 aromatic rings. The van der Waals surface area contributed by atoms with Crippen molar-refractivity contribution in [1.82, 2.24) is 4.90 Å². The average Bonchev–Trinajstić information content (AvgIpc) is 3.10. The van der Waals surface area contributed by atoms with Crippen LogP contribution in [0.3, 0.4) is 0 Å². The Morgan fingerprint density at radius 3 is 2.47 bits per heavy atom. The predicted molar refractivity (Wildman–Crippen MR) is 149 cm³/mol. The van der Waals surface area contributed by atoms with Gasteiger partial charge in [0.05, 0.1) is 0 Å². The zero-order valence-corrected chi connectivity index (χ0v) is 22.7. The number of unbranched alkanes of at least 4 members (excludes halogenated alkanes) is 8. The molecule has 0 bridgehead atoms. The first-order valence-electron chi connectivity index (χ1n) is 14.3. The van der Waals surface area contributed by atoms with Crippen molar-refractivity contribution in [2.45, 2.75) is 102 Å². The number of nitrogens with zero attached hydrogens (tertiary/aromatic N) is 2. The highest BCUT2D eigenvalue weighted by Crippen LogP contribution is 2.35. The highest BCUT2D eigenvalue weighted by molar-refractivity contribution is 5.69. The minimum Gasteiger partial charge on any atom is -0.508 e. The molecule has 5 heteroatoms. The monoisotopic (exact) mass is 497 g/mol. The van der Waals surface area contributed by atoms with E-state index in [0.717, 1.165) is 44.3 Å². The van der Waals surface area contributed by atoms with Crippen LogP contribution in [0, 0.1) is 0 Å². The molecule has 3 aliphatic rings. The first-order chi connectivity index (χ1) is 17.5. The standard InChI is InChI=1S/C31H48N2O3/c1-32-20-12-15-25(18-22-32)14-10-8-6-4-3-5-7-9-11-17-27-29(34)28(31(36)30(27)35)24-26-16-13-21-33(2)23-19-26/h14,18-19,22-24,30-31,35-36H,3-13,15-17,20-21H2,1-2H3/p+1. The Morgan fingerprint density at radius 1 is 0.972 bits per heavy atom. The van der Waals surface area contributed by atoms with E-state index < -0.39 is 12.2 Å². The van der Waals surface area contributed by atoms with Gasteiger partial charge in [-0.1, -0.05) is 50.2 Å². The number of aliphatic hydroxyl groups excluding tert-OH is 3. The molecule has 2 aliphatic heterocycles. The minimum atomic E-state index is -1.03. The van der Waals surface area contributed by atoms with Crippen LogP contribution in [0.4, 0.5) is 0 Å². The van der Waals surface area contributed by atoms with E-state index in [1.54, 1.807) is 0 Å². The summed E-state index contributed by atoms with van der Waals surface area (Å²) in [5.41, 5.74) is 3.66. The van der Waals surface area contributed by atoms with E-state index in [9.17, 15) is 15.3 Å². The summed E-state index contributed by atoms with van der Waals surface area (Å²) < 4.78 is 2.14. The van der Waals surface area contributed by atoms with Crippen molar-refractivity contribution in [2.24, 2.45) is 0 Å². The molecule has 3 rings (SSSR count).